The van der Waals surface area contributed by atoms with Crippen LogP contribution < -0.4 is 0 Å². The van der Waals surface area contributed by atoms with Gasteiger partial charge < -0.3 is 5.11 Å². The molecule has 1 heterocycles. The second-order valence-electron chi connectivity index (χ2n) is 4.01. The Morgan fingerprint density at radius 2 is 2.07 bits per heavy atom. The van der Waals surface area contributed by atoms with Gasteiger partial charge in [-0.3, -0.25) is 0 Å². The van der Waals surface area contributed by atoms with Crippen LogP contribution in [0, 0.1) is 6.92 Å². The number of carbonyl (C=O) groups is 1. The molecule has 2 rings (SSSR count). The predicted octanol–water partition coefficient (Wildman–Crippen LogP) is 4.07. The van der Waals surface area contributed by atoms with Crippen molar-refractivity contribution in [1.82, 2.24) is 0 Å². The van der Waals surface area contributed by atoms with E-state index in [4.69, 9.17) is 16.7 Å². The predicted molar refractivity (Wildman–Crippen MR) is 62.2 cm³/mol. The fraction of sp³-hybridized carbons (Fsp3) is 0.545. The third kappa shape index (κ3) is 1.91. The molecule has 0 unspecified atom stereocenters. The van der Waals surface area contributed by atoms with E-state index in [0.717, 1.165) is 23.3 Å². The van der Waals surface area contributed by atoms with Gasteiger partial charge in [0.2, 0.25) is 0 Å². The summed E-state index contributed by atoms with van der Waals surface area (Å²) in [6.45, 7) is 1.97. The number of thiophene rings is 1. The number of carboxylic acids is 1. The fourth-order valence-electron chi connectivity index (χ4n) is 2.43. The monoisotopic (exact) mass is 244 g/mol. The maximum absolute atomic E-state index is 11.1. The molecule has 0 saturated heterocycles. The van der Waals surface area contributed by atoms with Gasteiger partial charge in [0.1, 0.15) is 4.34 Å². The lowest BCUT2D eigenvalue weighted by Crippen LogP contribution is -2.04. The lowest BCUT2D eigenvalue weighted by Gasteiger charge is -2.10. The third-order valence-corrected chi connectivity index (χ3v) is 4.40. The molecule has 1 aliphatic carbocycles. The van der Waals surface area contributed by atoms with E-state index in [1.807, 2.05) is 6.92 Å². The van der Waals surface area contributed by atoms with E-state index in [2.05, 4.69) is 0 Å². The summed E-state index contributed by atoms with van der Waals surface area (Å²) >= 11 is 7.36. The van der Waals surface area contributed by atoms with Crippen molar-refractivity contribution in [2.24, 2.45) is 0 Å². The molecule has 0 radical (unpaired) electrons. The summed E-state index contributed by atoms with van der Waals surface area (Å²) in [5.41, 5.74) is 1.35. The van der Waals surface area contributed by atoms with Gasteiger partial charge in [0.25, 0.3) is 0 Å². The van der Waals surface area contributed by atoms with Crippen molar-refractivity contribution in [3.05, 3.63) is 20.3 Å². The van der Waals surface area contributed by atoms with Crippen molar-refractivity contribution in [2.45, 2.75) is 38.5 Å². The Labute approximate surface area is 97.9 Å². The van der Waals surface area contributed by atoms with E-state index >= 15 is 0 Å². The van der Waals surface area contributed by atoms with E-state index in [1.165, 1.54) is 24.2 Å². The van der Waals surface area contributed by atoms with Crippen LogP contribution in [0.1, 0.15) is 52.4 Å². The number of rotatable bonds is 2. The van der Waals surface area contributed by atoms with Crippen LogP contribution in [0.3, 0.4) is 0 Å². The van der Waals surface area contributed by atoms with Gasteiger partial charge in [-0.05, 0) is 31.2 Å². The fourth-order valence-corrected chi connectivity index (χ4v) is 3.90. The average Bonchev–Trinajstić information content (AvgIpc) is 2.71. The molecule has 82 valence electrons. The molecule has 4 heteroatoms. The number of hydrogen-bond acceptors (Lipinski definition) is 2. The molecule has 2 nitrogen and oxygen atoms in total. The molecule has 1 aromatic heterocycles. The van der Waals surface area contributed by atoms with E-state index in [-0.39, 0.29) is 0 Å². The van der Waals surface area contributed by atoms with E-state index in [9.17, 15) is 4.79 Å². The van der Waals surface area contributed by atoms with E-state index in [0.29, 0.717) is 15.8 Å². The van der Waals surface area contributed by atoms with Crippen molar-refractivity contribution < 1.29 is 9.90 Å². The first kappa shape index (κ1) is 11.0. The average molecular weight is 245 g/mol. The summed E-state index contributed by atoms with van der Waals surface area (Å²) in [7, 11) is 0. The second-order valence-corrected chi connectivity index (χ2v) is 5.83. The Kier molecular flexibility index (Phi) is 3.03. The van der Waals surface area contributed by atoms with Crippen LogP contribution >= 0.6 is 22.9 Å². The minimum atomic E-state index is -0.883. The Bertz CT molecular complexity index is 392. The van der Waals surface area contributed by atoms with Crippen molar-refractivity contribution in [3.63, 3.8) is 0 Å². The Balaban J connectivity index is 2.47. The molecule has 0 atom stereocenters. The van der Waals surface area contributed by atoms with Gasteiger partial charge in [-0.25, -0.2) is 4.79 Å². The molecule has 1 aliphatic rings. The number of aryl methyl sites for hydroxylation is 1. The van der Waals surface area contributed by atoms with Gasteiger partial charge in [-0.2, -0.15) is 0 Å². The zero-order valence-electron chi connectivity index (χ0n) is 8.55. The molecule has 1 N–H and O–H groups in total. The molecule has 1 aromatic rings. The van der Waals surface area contributed by atoms with Gasteiger partial charge in [0.15, 0.2) is 0 Å². The molecule has 0 spiro atoms. The van der Waals surface area contributed by atoms with Gasteiger partial charge in [0.05, 0.1) is 5.56 Å². The van der Waals surface area contributed by atoms with Crippen LogP contribution in [0.4, 0.5) is 0 Å². The summed E-state index contributed by atoms with van der Waals surface area (Å²) in [6.07, 6.45) is 4.62. The highest BCUT2D eigenvalue weighted by molar-refractivity contribution is 7.16. The first-order chi connectivity index (χ1) is 7.11. The van der Waals surface area contributed by atoms with Gasteiger partial charge in [-0.1, -0.05) is 24.4 Å². The maximum atomic E-state index is 11.1. The lowest BCUT2D eigenvalue weighted by molar-refractivity contribution is 0.0696. The molecular weight excluding hydrogens is 232 g/mol. The number of aromatic carboxylic acids is 1. The standard InChI is InChI=1S/C11H13ClO2S/c1-6-8(7-4-2-3-5-7)9(11(13)14)10(12)15-6/h7H,2-5H2,1H3,(H,13,14). The van der Waals surface area contributed by atoms with Crippen LogP contribution in [0.25, 0.3) is 0 Å². The van der Waals surface area contributed by atoms with E-state index < -0.39 is 5.97 Å². The lowest BCUT2D eigenvalue weighted by atomic mass is 9.94. The summed E-state index contributed by atoms with van der Waals surface area (Å²) < 4.78 is 0.432. The van der Waals surface area contributed by atoms with Gasteiger partial charge in [-0.15, -0.1) is 11.3 Å². The summed E-state index contributed by atoms with van der Waals surface area (Å²) in [4.78, 5) is 12.2. The molecule has 1 saturated carbocycles. The van der Waals surface area contributed by atoms with Crippen LogP contribution in [0.5, 0.6) is 0 Å². The van der Waals surface area contributed by atoms with Gasteiger partial charge in [0, 0.05) is 4.88 Å². The molecule has 0 bridgehead atoms. The van der Waals surface area contributed by atoms with E-state index in [1.54, 1.807) is 0 Å². The summed E-state index contributed by atoms with van der Waals surface area (Å²) in [5, 5.41) is 9.14. The summed E-state index contributed by atoms with van der Waals surface area (Å²) in [6, 6.07) is 0. The van der Waals surface area contributed by atoms with Crippen LogP contribution in [0.2, 0.25) is 4.34 Å². The van der Waals surface area contributed by atoms with Crippen LogP contribution in [0.15, 0.2) is 0 Å². The highest BCUT2D eigenvalue weighted by atomic mass is 35.5. The second kappa shape index (κ2) is 4.14. The molecule has 1 fully saturated rings. The largest absolute Gasteiger partial charge is 0.478 e. The summed E-state index contributed by atoms with van der Waals surface area (Å²) in [5.74, 6) is -0.467. The maximum Gasteiger partial charge on any atom is 0.338 e. The zero-order chi connectivity index (χ0) is 11.0. The Morgan fingerprint density at radius 3 is 2.60 bits per heavy atom. The van der Waals surface area contributed by atoms with Crippen molar-refractivity contribution in [1.29, 1.82) is 0 Å². The molecule has 15 heavy (non-hydrogen) atoms. The molecule has 0 aromatic carbocycles. The number of hydrogen-bond donors (Lipinski definition) is 1. The number of carboxylic acid groups (broad SMARTS) is 1. The Hall–Kier alpha value is -0.540. The first-order valence-corrected chi connectivity index (χ1v) is 6.32. The first-order valence-electron chi connectivity index (χ1n) is 5.13. The minimum absolute atomic E-state index is 0.353. The van der Waals surface area contributed by atoms with Crippen molar-refractivity contribution in [3.8, 4) is 0 Å². The van der Waals surface area contributed by atoms with Gasteiger partial charge >= 0.3 is 5.97 Å². The smallest absolute Gasteiger partial charge is 0.338 e. The molecule has 0 aliphatic heterocycles. The highest BCUT2D eigenvalue weighted by Gasteiger charge is 2.28. The van der Waals surface area contributed by atoms with Crippen molar-refractivity contribution >= 4 is 28.9 Å². The molecular formula is C11H13ClO2S. The molecule has 0 amide bonds. The van der Waals surface area contributed by atoms with Crippen LogP contribution in [-0.2, 0) is 0 Å². The Morgan fingerprint density at radius 1 is 1.47 bits per heavy atom. The SMILES string of the molecule is Cc1sc(Cl)c(C(=O)O)c1C1CCCC1. The minimum Gasteiger partial charge on any atom is -0.478 e. The quantitative estimate of drug-likeness (QED) is 0.852. The van der Waals surface area contributed by atoms with Crippen molar-refractivity contribution in [2.75, 3.05) is 0 Å². The number of halogens is 1. The normalized spacial score (nSPS) is 17.2. The topological polar surface area (TPSA) is 37.3 Å². The third-order valence-electron chi connectivity index (χ3n) is 3.07. The highest BCUT2D eigenvalue weighted by Crippen LogP contribution is 2.43. The van der Waals surface area contributed by atoms with Crippen LogP contribution in [-0.4, -0.2) is 11.1 Å². The zero-order valence-corrected chi connectivity index (χ0v) is 10.1.